The number of β-amino-alcohol motifs (C(OH)–C–C–N with tert-alkyl or cyclic N) is 1. The van der Waals surface area contributed by atoms with Crippen molar-refractivity contribution in [3.05, 3.63) is 28.7 Å². The van der Waals surface area contributed by atoms with E-state index in [4.69, 9.17) is 0 Å². The van der Waals surface area contributed by atoms with Gasteiger partial charge in [-0.05, 0) is 37.0 Å². The Balaban J connectivity index is 1.47. The van der Waals surface area contributed by atoms with E-state index in [1.165, 1.54) is 0 Å². The fraction of sp³-hybridized carbons (Fsp3) is 0.500. The van der Waals surface area contributed by atoms with Gasteiger partial charge in [-0.3, -0.25) is 9.69 Å². The van der Waals surface area contributed by atoms with Crippen LogP contribution in [-0.2, 0) is 4.79 Å². The lowest BCUT2D eigenvalue weighted by molar-refractivity contribution is -0.132. The van der Waals surface area contributed by atoms with Crippen LogP contribution in [0.2, 0.25) is 0 Å². The molecule has 5 heteroatoms. The number of likely N-dealkylation sites (tertiary alicyclic amines) is 1. The van der Waals surface area contributed by atoms with Crippen LogP contribution in [0, 0.1) is 5.92 Å². The Bertz CT molecular complexity index is 496. The third-order valence-electron chi connectivity index (χ3n) is 3.81. The van der Waals surface area contributed by atoms with Crippen LogP contribution in [0.3, 0.4) is 0 Å². The molecule has 1 aromatic carbocycles. The number of aliphatic hydroxyl groups is 1. The molecular formula is C14H17BrN2O2. The van der Waals surface area contributed by atoms with Gasteiger partial charge in [-0.25, -0.2) is 0 Å². The molecule has 0 aromatic heterocycles. The topological polar surface area (TPSA) is 52.6 Å². The van der Waals surface area contributed by atoms with Gasteiger partial charge >= 0.3 is 0 Å². The van der Waals surface area contributed by atoms with E-state index in [0.29, 0.717) is 25.6 Å². The van der Waals surface area contributed by atoms with Crippen LogP contribution in [0.4, 0.5) is 5.69 Å². The zero-order chi connectivity index (χ0) is 13.5. The molecule has 2 aliphatic rings. The Morgan fingerprint density at radius 1 is 1.47 bits per heavy atom. The van der Waals surface area contributed by atoms with E-state index in [1.807, 2.05) is 29.2 Å². The number of hydrogen-bond donors (Lipinski definition) is 2. The molecule has 1 heterocycles. The number of hydrogen-bond acceptors (Lipinski definition) is 3. The number of benzene rings is 1. The number of rotatable bonds is 4. The molecule has 0 bridgehead atoms. The summed E-state index contributed by atoms with van der Waals surface area (Å²) in [5.41, 5.74) is 0.271. The normalized spacial score (nSPS) is 21.8. The first kappa shape index (κ1) is 13.1. The lowest BCUT2D eigenvalue weighted by atomic mass is 9.89. The van der Waals surface area contributed by atoms with E-state index in [1.54, 1.807) is 0 Å². The van der Waals surface area contributed by atoms with Crippen LogP contribution >= 0.6 is 15.9 Å². The lowest BCUT2D eigenvalue weighted by Crippen LogP contribution is -2.64. The first-order valence-electron chi connectivity index (χ1n) is 6.55. The highest BCUT2D eigenvalue weighted by Gasteiger charge is 2.51. The molecule has 19 heavy (non-hydrogen) atoms. The summed E-state index contributed by atoms with van der Waals surface area (Å²) in [6, 6.07) is 7.53. The van der Waals surface area contributed by atoms with Gasteiger partial charge in [0.1, 0.15) is 0 Å². The molecule has 4 nitrogen and oxygen atoms in total. The van der Waals surface area contributed by atoms with E-state index in [2.05, 4.69) is 21.2 Å². The molecule has 1 aliphatic heterocycles. The van der Waals surface area contributed by atoms with Gasteiger partial charge in [-0.1, -0.05) is 22.0 Å². The van der Waals surface area contributed by atoms with Gasteiger partial charge in [0.05, 0.1) is 12.1 Å². The number of amides is 1. The molecular weight excluding hydrogens is 308 g/mol. The van der Waals surface area contributed by atoms with Gasteiger partial charge in [-0.15, -0.1) is 0 Å². The van der Waals surface area contributed by atoms with Crippen molar-refractivity contribution in [2.45, 2.75) is 18.4 Å². The van der Waals surface area contributed by atoms with Crippen molar-refractivity contribution in [2.24, 2.45) is 5.92 Å². The predicted molar refractivity (Wildman–Crippen MR) is 76.9 cm³/mol. The molecule has 1 amide bonds. The van der Waals surface area contributed by atoms with Gasteiger partial charge < -0.3 is 10.4 Å². The number of carbonyl (C=O) groups is 1. The van der Waals surface area contributed by atoms with Crippen LogP contribution in [0.1, 0.15) is 12.8 Å². The lowest BCUT2D eigenvalue weighted by Gasteiger charge is -2.46. The van der Waals surface area contributed by atoms with Crippen LogP contribution in [0.15, 0.2) is 28.7 Å². The maximum atomic E-state index is 11.9. The van der Waals surface area contributed by atoms with Crippen LogP contribution in [0.25, 0.3) is 0 Å². The highest BCUT2D eigenvalue weighted by molar-refractivity contribution is 9.10. The largest absolute Gasteiger partial charge is 0.387 e. The molecule has 2 N–H and O–H groups in total. The van der Waals surface area contributed by atoms with E-state index in [9.17, 15) is 9.90 Å². The molecule has 102 valence electrons. The van der Waals surface area contributed by atoms with E-state index in [0.717, 1.165) is 23.0 Å². The highest BCUT2D eigenvalue weighted by Crippen LogP contribution is 2.44. The minimum atomic E-state index is -0.518. The smallest absolute Gasteiger partial charge is 0.238 e. The Morgan fingerprint density at radius 3 is 2.84 bits per heavy atom. The molecule has 1 aliphatic carbocycles. The Morgan fingerprint density at radius 2 is 2.21 bits per heavy atom. The van der Waals surface area contributed by atoms with Crippen molar-refractivity contribution in [2.75, 3.05) is 25.0 Å². The summed E-state index contributed by atoms with van der Waals surface area (Å²) in [5.74, 6) is 0.438. The molecule has 3 rings (SSSR count). The van der Waals surface area contributed by atoms with Crippen molar-refractivity contribution in [1.82, 2.24) is 4.90 Å². The summed E-state index contributed by atoms with van der Waals surface area (Å²) < 4.78 is 0.942. The zero-order valence-corrected chi connectivity index (χ0v) is 12.2. The fourth-order valence-electron chi connectivity index (χ4n) is 2.69. The Labute approximate surface area is 120 Å². The minimum absolute atomic E-state index is 0.0315. The van der Waals surface area contributed by atoms with Crippen molar-refractivity contribution in [1.29, 1.82) is 0 Å². The molecule has 0 unspecified atom stereocenters. The molecule has 1 saturated heterocycles. The Kier molecular flexibility index (Phi) is 3.37. The average molecular weight is 325 g/mol. The Hall–Kier alpha value is -0.910. The van der Waals surface area contributed by atoms with Gasteiger partial charge in [0.15, 0.2) is 0 Å². The van der Waals surface area contributed by atoms with Crippen LogP contribution in [0.5, 0.6) is 0 Å². The summed E-state index contributed by atoms with van der Waals surface area (Å²) in [4.78, 5) is 13.9. The molecule has 1 saturated carbocycles. The SMILES string of the molecule is O=C(CN1CC(O)(C2CC2)C1)Nc1cccc(Br)c1. The summed E-state index contributed by atoms with van der Waals surface area (Å²) in [6.07, 6.45) is 2.27. The summed E-state index contributed by atoms with van der Waals surface area (Å²) >= 11 is 3.37. The number of anilines is 1. The number of nitrogens with zero attached hydrogens (tertiary/aromatic N) is 1. The first-order chi connectivity index (χ1) is 9.05. The van der Waals surface area contributed by atoms with Crippen molar-refractivity contribution < 1.29 is 9.90 Å². The number of nitrogens with one attached hydrogen (secondary N) is 1. The van der Waals surface area contributed by atoms with Crippen molar-refractivity contribution in [3.8, 4) is 0 Å². The second kappa shape index (κ2) is 4.89. The maximum absolute atomic E-state index is 11.9. The molecule has 2 fully saturated rings. The molecule has 0 radical (unpaired) electrons. The van der Waals surface area contributed by atoms with Gasteiger partial charge in [0.2, 0.25) is 5.91 Å². The average Bonchev–Trinajstić information content (AvgIpc) is 3.10. The number of halogens is 1. The molecule has 1 aromatic rings. The number of carbonyl (C=O) groups excluding carboxylic acids is 1. The van der Waals surface area contributed by atoms with E-state index in [-0.39, 0.29) is 5.91 Å². The fourth-order valence-corrected chi connectivity index (χ4v) is 3.09. The quantitative estimate of drug-likeness (QED) is 0.888. The third-order valence-corrected chi connectivity index (χ3v) is 4.30. The third kappa shape index (κ3) is 2.99. The monoisotopic (exact) mass is 324 g/mol. The highest BCUT2D eigenvalue weighted by atomic mass is 79.9. The molecule has 0 spiro atoms. The predicted octanol–water partition coefficient (Wildman–Crippen LogP) is 1.84. The molecule has 0 atom stereocenters. The first-order valence-corrected chi connectivity index (χ1v) is 7.35. The van der Waals surface area contributed by atoms with Crippen molar-refractivity contribution in [3.63, 3.8) is 0 Å². The maximum Gasteiger partial charge on any atom is 0.238 e. The van der Waals surface area contributed by atoms with Gasteiger partial charge in [0, 0.05) is 23.2 Å². The second-order valence-corrected chi connectivity index (χ2v) is 6.50. The standard InChI is InChI=1S/C14H17BrN2O2/c15-11-2-1-3-12(6-11)16-13(18)7-17-8-14(19,9-17)10-4-5-10/h1-3,6,10,19H,4-5,7-9H2,(H,16,18). The van der Waals surface area contributed by atoms with E-state index >= 15 is 0 Å². The van der Waals surface area contributed by atoms with Crippen molar-refractivity contribution >= 4 is 27.5 Å². The minimum Gasteiger partial charge on any atom is -0.387 e. The summed E-state index contributed by atoms with van der Waals surface area (Å²) in [6.45, 7) is 1.61. The van der Waals surface area contributed by atoms with E-state index < -0.39 is 5.60 Å². The summed E-state index contributed by atoms with van der Waals surface area (Å²) in [5, 5.41) is 13.0. The van der Waals surface area contributed by atoms with Gasteiger partial charge in [-0.2, -0.15) is 0 Å². The van der Waals surface area contributed by atoms with Crippen LogP contribution < -0.4 is 5.32 Å². The zero-order valence-electron chi connectivity index (χ0n) is 10.6. The summed E-state index contributed by atoms with van der Waals surface area (Å²) in [7, 11) is 0. The van der Waals surface area contributed by atoms with Gasteiger partial charge in [0.25, 0.3) is 0 Å². The van der Waals surface area contributed by atoms with Crippen LogP contribution in [-0.4, -0.2) is 41.1 Å². The second-order valence-electron chi connectivity index (χ2n) is 5.58.